The zero-order chi connectivity index (χ0) is 67.1. The molecular weight excluding hydrogens is 1210 g/mol. The molecule has 0 aliphatic carbocycles. The Morgan fingerprint density at radius 1 is 0.260 bits per heavy atom. The maximum Gasteiger partial charge on any atom is 0.252 e. The van der Waals surface area contributed by atoms with E-state index < -0.39 is 0 Å². The SMILES string of the molecule is CC(C)(C)c1cc2ccc3cc(C(C)(C)C)cc4c(-c5ccc6c(c5)B5c7ccc(-c8ccccc8)cc7N(c7c(-c8ccccc8)cccc7-c7ccccc7)c7cc(-n8c9ccccc9c9ccccc98)cc(c75)N6c5c(-c6ccccc6)cccc5-c5ccccc5)cc(c1)c2c34. The van der Waals surface area contributed by atoms with Crippen LogP contribution in [0.1, 0.15) is 52.7 Å². The second kappa shape index (κ2) is 22.8. The van der Waals surface area contributed by atoms with Crippen molar-refractivity contribution in [2.75, 3.05) is 9.80 Å². The Labute approximate surface area is 585 Å². The fraction of sp³-hybridized carbons (Fsp3) is 0.0833. The number of hydrogen-bond acceptors (Lipinski definition) is 2. The first-order valence-electron chi connectivity index (χ1n) is 35.3. The van der Waals surface area contributed by atoms with Crippen molar-refractivity contribution in [3.8, 4) is 72.4 Å². The lowest BCUT2D eigenvalue weighted by molar-refractivity contribution is 0.591. The number of nitrogens with zero attached hydrogens (tertiary/aromatic N) is 3. The van der Waals surface area contributed by atoms with Gasteiger partial charge in [0.1, 0.15) is 0 Å². The van der Waals surface area contributed by atoms with Crippen molar-refractivity contribution in [1.82, 2.24) is 4.57 Å². The molecule has 0 bridgehead atoms. The zero-order valence-electron chi connectivity index (χ0n) is 57.1. The predicted molar refractivity (Wildman–Crippen MR) is 429 cm³/mol. The third kappa shape index (κ3) is 9.41. The highest BCUT2D eigenvalue weighted by atomic mass is 15.2. The van der Waals surface area contributed by atoms with Gasteiger partial charge in [0.05, 0.1) is 28.1 Å². The van der Waals surface area contributed by atoms with Gasteiger partial charge in [0, 0.05) is 55.8 Å². The molecule has 0 unspecified atom stereocenters. The van der Waals surface area contributed by atoms with E-state index in [9.17, 15) is 0 Å². The zero-order valence-corrected chi connectivity index (χ0v) is 57.1. The Morgan fingerprint density at radius 2 is 0.690 bits per heavy atom. The van der Waals surface area contributed by atoms with Crippen LogP contribution in [0.5, 0.6) is 0 Å². The van der Waals surface area contributed by atoms with Gasteiger partial charge in [-0.3, -0.25) is 0 Å². The average Bonchev–Trinajstić information content (AvgIpc) is 0.696. The Morgan fingerprint density at radius 3 is 1.19 bits per heavy atom. The van der Waals surface area contributed by atoms with E-state index in [0.29, 0.717) is 0 Å². The van der Waals surface area contributed by atoms with Crippen molar-refractivity contribution in [3.05, 3.63) is 339 Å². The molecule has 100 heavy (non-hydrogen) atoms. The van der Waals surface area contributed by atoms with Gasteiger partial charge in [-0.15, -0.1) is 0 Å². The summed E-state index contributed by atoms with van der Waals surface area (Å²) >= 11 is 0. The summed E-state index contributed by atoms with van der Waals surface area (Å²) in [5.74, 6) is 0. The summed E-state index contributed by atoms with van der Waals surface area (Å²) in [4.78, 5) is 5.38. The molecule has 19 rings (SSSR count). The number of para-hydroxylation sites is 4. The highest BCUT2D eigenvalue weighted by molar-refractivity contribution is 7.00. The third-order valence-corrected chi connectivity index (χ3v) is 21.6. The molecule has 0 amide bonds. The molecule has 2 aliphatic rings. The Bertz CT molecular complexity index is 5930. The molecule has 0 fully saturated rings. The second-order valence-corrected chi connectivity index (χ2v) is 29.6. The molecule has 2 aliphatic heterocycles. The minimum Gasteiger partial charge on any atom is -0.310 e. The Kier molecular flexibility index (Phi) is 13.5. The fourth-order valence-corrected chi connectivity index (χ4v) is 16.8. The summed E-state index contributed by atoms with van der Waals surface area (Å²) in [6, 6.07) is 124. The maximum atomic E-state index is 2.69. The summed E-state index contributed by atoms with van der Waals surface area (Å²) in [7, 11) is 0. The molecular formula is C96H72BN3. The van der Waals surface area contributed by atoms with Crippen molar-refractivity contribution in [2.24, 2.45) is 0 Å². The number of hydrogen-bond donors (Lipinski definition) is 0. The normalized spacial score (nSPS) is 12.8. The van der Waals surface area contributed by atoms with Crippen molar-refractivity contribution in [2.45, 2.75) is 52.4 Å². The van der Waals surface area contributed by atoms with E-state index in [1.807, 2.05) is 0 Å². The first-order valence-corrected chi connectivity index (χ1v) is 35.3. The number of rotatable bonds is 9. The van der Waals surface area contributed by atoms with Gasteiger partial charge in [0.2, 0.25) is 0 Å². The van der Waals surface area contributed by atoms with Gasteiger partial charge < -0.3 is 14.4 Å². The fourth-order valence-electron chi connectivity index (χ4n) is 16.8. The van der Waals surface area contributed by atoms with Gasteiger partial charge in [0.25, 0.3) is 6.71 Å². The van der Waals surface area contributed by atoms with Gasteiger partial charge in [-0.2, -0.15) is 0 Å². The average molecular weight is 1280 g/mol. The lowest BCUT2D eigenvalue weighted by atomic mass is 9.33. The summed E-state index contributed by atoms with van der Waals surface area (Å²) < 4.78 is 2.54. The number of aromatic nitrogens is 1. The summed E-state index contributed by atoms with van der Waals surface area (Å²) in [6.45, 7) is 13.8. The van der Waals surface area contributed by atoms with Crippen molar-refractivity contribution in [1.29, 1.82) is 0 Å². The lowest BCUT2D eigenvalue weighted by Crippen LogP contribution is -2.61. The monoisotopic (exact) mass is 1280 g/mol. The maximum absolute atomic E-state index is 2.69. The third-order valence-electron chi connectivity index (χ3n) is 21.6. The van der Waals surface area contributed by atoms with E-state index in [1.165, 1.54) is 81.7 Å². The van der Waals surface area contributed by atoms with Crippen LogP contribution >= 0.6 is 0 Å². The molecule has 0 N–H and O–H groups in total. The molecule has 0 spiro atoms. The van der Waals surface area contributed by atoms with Crippen LogP contribution in [0.4, 0.5) is 34.1 Å². The molecule has 1 aromatic heterocycles. The minimum absolute atomic E-state index is 0.0629. The molecule has 4 heteroatoms. The van der Waals surface area contributed by atoms with E-state index >= 15 is 0 Å². The van der Waals surface area contributed by atoms with Gasteiger partial charge in [0.15, 0.2) is 0 Å². The van der Waals surface area contributed by atoms with Crippen LogP contribution in [0.2, 0.25) is 0 Å². The molecule has 0 saturated carbocycles. The van der Waals surface area contributed by atoms with Crippen LogP contribution in [0.3, 0.4) is 0 Å². The minimum atomic E-state index is -0.263. The van der Waals surface area contributed by atoms with Gasteiger partial charge >= 0.3 is 0 Å². The van der Waals surface area contributed by atoms with Crippen LogP contribution < -0.4 is 26.2 Å². The summed E-state index contributed by atoms with van der Waals surface area (Å²) in [5.41, 5.74) is 30.2. The first kappa shape index (κ1) is 59.3. The molecule has 0 saturated heterocycles. The van der Waals surface area contributed by atoms with E-state index in [2.05, 4.69) is 383 Å². The topological polar surface area (TPSA) is 11.4 Å². The quantitative estimate of drug-likeness (QED) is 0.105. The van der Waals surface area contributed by atoms with Crippen molar-refractivity contribution in [3.63, 3.8) is 0 Å². The second-order valence-electron chi connectivity index (χ2n) is 29.6. The first-order chi connectivity index (χ1) is 48.9. The van der Waals surface area contributed by atoms with E-state index in [1.54, 1.807) is 0 Å². The van der Waals surface area contributed by atoms with Gasteiger partial charge in [-0.05, 0) is 164 Å². The Hall–Kier alpha value is -12.0. The van der Waals surface area contributed by atoms with E-state index in [-0.39, 0.29) is 17.5 Å². The van der Waals surface area contributed by atoms with Crippen LogP contribution in [-0.2, 0) is 10.8 Å². The molecule has 0 radical (unpaired) electrons. The van der Waals surface area contributed by atoms with Gasteiger partial charge in [-0.1, -0.05) is 321 Å². The Balaban J connectivity index is 1.01. The predicted octanol–water partition coefficient (Wildman–Crippen LogP) is 24.4. The smallest absolute Gasteiger partial charge is 0.252 e. The van der Waals surface area contributed by atoms with Crippen LogP contribution in [0.25, 0.3) is 127 Å². The molecule has 3 heterocycles. The highest BCUT2D eigenvalue weighted by Crippen LogP contribution is 2.55. The molecule has 17 aromatic rings. The summed E-state index contributed by atoms with van der Waals surface area (Å²) in [6.07, 6.45) is 0. The molecule has 474 valence electrons. The van der Waals surface area contributed by atoms with Crippen LogP contribution in [0.15, 0.2) is 328 Å². The standard InChI is InChI=1S/C96H72BN3/c1-95(2,3)71-52-68-46-47-69-53-72(96(4,5)6)58-81-80(55-70(54-71)90(68)91(69)81)67-49-51-86-83(56-67)97-82-50-48-66(61-28-12-7-13-29-61)57-87(82)100(94-76(64-34-18-10-19-35-64)42-27-43-77(94)65-36-20-11-21-37-65)89-60-73(98-84-44-24-22-38-78(84)79-39-23-25-45-85(79)98)59-88(92(89)97)99(86)93-74(62-30-14-8-15-31-62)40-26-41-75(93)63-32-16-9-17-33-63/h7-60H,1-6H3. The van der Waals surface area contributed by atoms with Crippen LogP contribution in [0, 0.1) is 0 Å². The molecule has 16 aromatic carbocycles. The lowest BCUT2D eigenvalue weighted by Gasteiger charge is -2.46. The number of anilines is 6. The van der Waals surface area contributed by atoms with E-state index in [4.69, 9.17) is 0 Å². The summed E-state index contributed by atoms with van der Waals surface area (Å²) in [5, 5.41) is 10.2. The molecule has 0 atom stereocenters. The number of benzene rings is 16. The van der Waals surface area contributed by atoms with E-state index in [0.717, 1.165) is 106 Å². The largest absolute Gasteiger partial charge is 0.310 e. The number of fused-ring (bicyclic) bond motifs is 7. The van der Waals surface area contributed by atoms with Gasteiger partial charge in [-0.25, -0.2) is 0 Å². The van der Waals surface area contributed by atoms with Crippen molar-refractivity contribution < 1.29 is 0 Å². The van der Waals surface area contributed by atoms with Crippen molar-refractivity contribution >= 4 is 111 Å². The van der Waals surface area contributed by atoms with Crippen LogP contribution in [-0.4, -0.2) is 11.3 Å². The molecule has 3 nitrogen and oxygen atoms in total. The highest BCUT2D eigenvalue weighted by Gasteiger charge is 2.46.